The summed E-state index contributed by atoms with van der Waals surface area (Å²) in [5, 5.41) is 10.1. The van der Waals surface area contributed by atoms with Crippen LogP contribution >= 0.6 is 0 Å². The fraction of sp³-hybridized carbons (Fsp3) is 0.588. The number of aliphatic hydroxyl groups excluding tert-OH is 1. The summed E-state index contributed by atoms with van der Waals surface area (Å²) in [6.45, 7) is 6.07. The van der Waals surface area contributed by atoms with Gasteiger partial charge in [0.25, 0.3) is 0 Å². The van der Waals surface area contributed by atoms with Crippen LogP contribution in [0.1, 0.15) is 32.8 Å². The summed E-state index contributed by atoms with van der Waals surface area (Å²) in [7, 11) is 0. The maximum atomic E-state index is 13.3. The Morgan fingerprint density at radius 1 is 1.30 bits per heavy atom. The van der Waals surface area contributed by atoms with Crippen LogP contribution in [0.25, 0.3) is 0 Å². The van der Waals surface area contributed by atoms with Gasteiger partial charge in [0.1, 0.15) is 17.2 Å². The van der Waals surface area contributed by atoms with E-state index in [0.29, 0.717) is 31.5 Å². The fourth-order valence-electron chi connectivity index (χ4n) is 2.74. The Labute approximate surface area is 135 Å². The Hall–Kier alpha value is -1.69. The molecule has 1 aliphatic rings. The maximum absolute atomic E-state index is 13.3. The summed E-state index contributed by atoms with van der Waals surface area (Å²) in [5.74, 6) is -1.57. The zero-order valence-electron chi connectivity index (χ0n) is 13.7. The second-order valence-corrected chi connectivity index (χ2v) is 7.02. The number of hydrogen-bond donors (Lipinski definition) is 1. The third-order valence-electron chi connectivity index (χ3n) is 3.77. The van der Waals surface area contributed by atoms with Crippen molar-refractivity contribution in [3.63, 3.8) is 0 Å². The Morgan fingerprint density at radius 3 is 2.48 bits per heavy atom. The minimum absolute atomic E-state index is 0.280. The van der Waals surface area contributed by atoms with Gasteiger partial charge in [0.05, 0.1) is 6.10 Å². The van der Waals surface area contributed by atoms with Crippen molar-refractivity contribution in [2.45, 2.75) is 45.3 Å². The number of carbonyl (C=O) groups is 1. The van der Waals surface area contributed by atoms with E-state index in [-0.39, 0.29) is 5.92 Å². The van der Waals surface area contributed by atoms with E-state index in [1.807, 2.05) is 0 Å². The van der Waals surface area contributed by atoms with Crippen molar-refractivity contribution < 1.29 is 23.4 Å². The lowest BCUT2D eigenvalue weighted by Crippen LogP contribution is -2.48. The van der Waals surface area contributed by atoms with Crippen molar-refractivity contribution in [3.05, 3.63) is 35.4 Å². The van der Waals surface area contributed by atoms with Crippen molar-refractivity contribution in [2.24, 2.45) is 5.92 Å². The molecule has 0 spiro atoms. The molecule has 128 valence electrons. The van der Waals surface area contributed by atoms with Gasteiger partial charge >= 0.3 is 6.09 Å². The largest absolute Gasteiger partial charge is 0.444 e. The lowest BCUT2D eigenvalue weighted by Gasteiger charge is -2.37. The van der Waals surface area contributed by atoms with Crippen LogP contribution in [0.5, 0.6) is 0 Å². The van der Waals surface area contributed by atoms with E-state index < -0.39 is 29.4 Å². The van der Waals surface area contributed by atoms with Crippen molar-refractivity contribution in [3.8, 4) is 0 Å². The standard InChI is InChI=1S/C17H23F2NO3/c1-17(2,3)23-16(22)20-5-4-15(21)12(10-20)6-11-7-13(18)9-14(19)8-11/h7-9,12,15,21H,4-6,10H2,1-3H3. The van der Waals surface area contributed by atoms with Gasteiger partial charge in [-0.1, -0.05) is 0 Å². The van der Waals surface area contributed by atoms with Crippen LogP contribution in [0.4, 0.5) is 13.6 Å². The molecule has 0 saturated carbocycles. The Bertz CT molecular complexity index is 551. The SMILES string of the molecule is CC(C)(C)OC(=O)N1CCC(O)C(Cc2cc(F)cc(F)c2)C1. The molecule has 0 aromatic heterocycles. The first-order chi connectivity index (χ1) is 10.6. The number of benzene rings is 1. The Morgan fingerprint density at radius 2 is 1.91 bits per heavy atom. The molecule has 2 atom stereocenters. The van der Waals surface area contributed by atoms with Crippen LogP contribution < -0.4 is 0 Å². The van der Waals surface area contributed by atoms with Gasteiger partial charge in [0, 0.05) is 25.1 Å². The predicted octanol–water partition coefficient (Wildman–Crippen LogP) is 3.13. The quantitative estimate of drug-likeness (QED) is 0.908. The maximum Gasteiger partial charge on any atom is 0.410 e. The van der Waals surface area contributed by atoms with E-state index in [4.69, 9.17) is 4.74 Å². The number of nitrogens with zero attached hydrogens (tertiary/aromatic N) is 1. The van der Waals surface area contributed by atoms with Crippen molar-refractivity contribution in [1.29, 1.82) is 0 Å². The van der Waals surface area contributed by atoms with E-state index in [1.54, 1.807) is 20.8 Å². The third-order valence-corrected chi connectivity index (χ3v) is 3.77. The van der Waals surface area contributed by atoms with Gasteiger partial charge in [-0.2, -0.15) is 0 Å². The summed E-state index contributed by atoms with van der Waals surface area (Å²) >= 11 is 0. The van der Waals surface area contributed by atoms with Crippen molar-refractivity contribution in [2.75, 3.05) is 13.1 Å². The molecule has 2 unspecified atom stereocenters. The van der Waals surface area contributed by atoms with Crippen LogP contribution in [0.3, 0.4) is 0 Å². The number of rotatable bonds is 2. The Kier molecular flexibility index (Phi) is 5.24. The van der Waals surface area contributed by atoms with Crippen LogP contribution in [0, 0.1) is 17.6 Å². The molecule has 2 rings (SSSR count). The first kappa shape index (κ1) is 17.7. The third kappa shape index (κ3) is 5.16. The van der Waals surface area contributed by atoms with Crippen molar-refractivity contribution >= 4 is 6.09 Å². The molecule has 1 heterocycles. The zero-order chi connectivity index (χ0) is 17.2. The fourth-order valence-corrected chi connectivity index (χ4v) is 2.74. The molecular weight excluding hydrogens is 304 g/mol. The smallest absolute Gasteiger partial charge is 0.410 e. The molecule has 6 heteroatoms. The molecule has 1 saturated heterocycles. The summed E-state index contributed by atoms with van der Waals surface area (Å²) in [4.78, 5) is 13.7. The molecular formula is C17H23F2NO3. The first-order valence-electron chi connectivity index (χ1n) is 7.75. The molecule has 1 aromatic carbocycles. The molecule has 23 heavy (non-hydrogen) atoms. The second kappa shape index (κ2) is 6.83. The number of hydrogen-bond acceptors (Lipinski definition) is 3. The molecule has 1 fully saturated rings. The van der Waals surface area contributed by atoms with Gasteiger partial charge in [0.2, 0.25) is 0 Å². The molecule has 0 bridgehead atoms. The number of amides is 1. The van der Waals surface area contributed by atoms with Crippen LogP contribution in [0.15, 0.2) is 18.2 Å². The number of halogens is 2. The molecule has 1 N–H and O–H groups in total. The number of piperidine rings is 1. The summed E-state index contributed by atoms with van der Waals surface area (Å²) in [6, 6.07) is 3.32. The van der Waals surface area contributed by atoms with Gasteiger partial charge < -0.3 is 14.7 Å². The average Bonchev–Trinajstić information content (AvgIpc) is 2.38. The highest BCUT2D eigenvalue weighted by atomic mass is 19.1. The van der Waals surface area contributed by atoms with Crippen molar-refractivity contribution in [1.82, 2.24) is 4.90 Å². The highest BCUT2D eigenvalue weighted by Crippen LogP contribution is 2.24. The number of carbonyl (C=O) groups excluding carboxylic acids is 1. The van der Waals surface area contributed by atoms with E-state index >= 15 is 0 Å². The monoisotopic (exact) mass is 327 g/mol. The van der Waals surface area contributed by atoms with Crippen LogP contribution in [-0.4, -0.2) is 40.9 Å². The van der Waals surface area contributed by atoms with Gasteiger partial charge in [-0.05, 0) is 51.3 Å². The number of aliphatic hydroxyl groups is 1. The molecule has 0 aliphatic carbocycles. The Balaban J connectivity index is 2.04. The highest BCUT2D eigenvalue weighted by Gasteiger charge is 2.32. The van der Waals surface area contributed by atoms with E-state index in [1.165, 1.54) is 17.0 Å². The highest BCUT2D eigenvalue weighted by molar-refractivity contribution is 5.68. The molecule has 4 nitrogen and oxygen atoms in total. The zero-order valence-corrected chi connectivity index (χ0v) is 13.7. The number of likely N-dealkylation sites (tertiary alicyclic amines) is 1. The lowest BCUT2D eigenvalue weighted by atomic mass is 9.89. The van der Waals surface area contributed by atoms with Gasteiger partial charge in [-0.25, -0.2) is 13.6 Å². The van der Waals surface area contributed by atoms with E-state index in [9.17, 15) is 18.7 Å². The van der Waals surface area contributed by atoms with Gasteiger partial charge in [-0.15, -0.1) is 0 Å². The summed E-state index contributed by atoms with van der Waals surface area (Å²) in [6.07, 6.45) is -0.323. The minimum Gasteiger partial charge on any atom is -0.444 e. The van der Waals surface area contributed by atoms with Gasteiger partial charge in [-0.3, -0.25) is 0 Å². The van der Waals surface area contributed by atoms with E-state index in [0.717, 1.165) is 6.07 Å². The van der Waals surface area contributed by atoms with E-state index in [2.05, 4.69) is 0 Å². The molecule has 1 amide bonds. The summed E-state index contributed by atoms with van der Waals surface area (Å²) < 4.78 is 31.9. The van der Waals surface area contributed by atoms with Crippen LogP contribution in [0.2, 0.25) is 0 Å². The minimum atomic E-state index is -0.644. The normalized spacial score (nSPS) is 22.1. The molecule has 1 aliphatic heterocycles. The second-order valence-electron chi connectivity index (χ2n) is 7.02. The molecule has 0 radical (unpaired) electrons. The summed E-state index contributed by atoms with van der Waals surface area (Å²) in [5.41, 5.74) is -0.119. The van der Waals surface area contributed by atoms with Crippen LogP contribution in [-0.2, 0) is 11.2 Å². The lowest BCUT2D eigenvalue weighted by molar-refractivity contribution is -0.00827. The van der Waals surface area contributed by atoms with Gasteiger partial charge in [0.15, 0.2) is 0 Å². The number of ether oxygens (including phenoxy) is 1. The molecule has 1 aromatic rings. The topological polar surface area (TPSA) is 49.8 Å². The first-order valence-corrected chi connectivity index (χ1v) is 7.75. The average molecular weight is 327 g/mol. The predicted molar refractivity (Wildman–Crippen MR) is 82.0 cm³/mol.